The summed E-state index contributed by atoms with van der Waals surface area (Å²) in [6.07, 6.45) is 0. The van der Waals surface area contributed by atoms with Crippen LogP contribution >= 0.6 is 12.2 Å². The average molecular weight is 193 g/mol. The van der Waals surface area contributed by atoms with Crippen molar-refractivity contribution in [3.63, 3.8) is 0 Å². The lowest BCUT2D eigenvalue weighted by Gasteiger charge is -2.03. The highest BCUT2D eigenvalue weighted by Crippen LogP contribution is 1.79. The van der Waals surface area contributed by atoms with Crippen LogP contribution in [-0.4, -0.2) is 45.1 Å². The van der Waals surface area contributed by atoms with E-state index < -0.39 is 0 Å². The molecular formula is C7H15NO3S. The van der Waals surface area contributed by atoms with Gasteiger partial charge in [0, 0.05) is 7.11 Å². The van der Waals surface area contributed by atoms with Crippen molar-refractivity contribution in [1.82, 2.24) is 0 Å². The molecule has 0 spiro atoms. The fourth-order valence-corrected chi connectivity index (χ4v) is 0.618. The zero-order valence-corrected chi connectivity index (χ0v) is 8.06. The summed E-state index contributed by atoms with van der Waals surface area (Å²) >= 11 is 4.61. The Balaban J connectivity index is 2.86. The maximum absolute atomic E-state index is 5.20. The lowest BCUT2D eigenvalue weighted by Crippen LogP contribution is -2.18. The molecule has 0 aromatic carbocycles. The molecule has 0 aliphatic carbocycles. The second-order valence-electron chi connectivity index (χ2n) is 2.12. The molecule has 2 N–H and O–H groups in total. The molecule has 0 saturated carbocycles. The molecular weight excluding hydrogens is 178 g/mol. The first-order valence-corrected chi connectivity index (χ1v) is 4.11. The van der Waals surface area contributed by atoms with Gasteiger partial charge in [0.1, 0.15) is 0 Å². The van der Waals surface area contributed by atoms with Gasteiger partial charge in [-0.1, -0.05) is 12.2 Å². The molecule has 0 unspecified atom stereocenters. The first-order valence-electron chi connectivity index (χ1n) is 3.70. The van der Waals surface area contributed by atoms with Crippen molar-refractivity contribution in [3.05, 3.63) is 0 Å². The molecule has 5 heteroatoms. The van der Waals surface area contributed by atoms with Gasteiger partial charge in [-0.05, 0) is 0 Å². The van der Waals surface area contributed by atoms with Crippen LogP contribution in [0, 0.1) is 0 Å². The van der Waals surface area contributed by atoms with Crippen LogP contribution in [0.25, 0.3) is 0 Å². The van der Waals surface area contributed by atoms with Gasteiger partial charge in [-0.25, -0.2) is 0 Å². The normalized spacial score (nSPS) is 10.1. The summed E-state index contributed by atoms with van der Waals surface area (Å²) in [5, 5.41) is 0. The number of nitrogens with two attached hydrogens (primary N) is 1. The van der Waals surface area contributed by atoms with Crippen molar-refractivity contribution >= 4 is 17.2 Å². The molecule has 4 nitrogen and oxygen atoms in total. The van der Waals surface area contributed by atoms with Crippen molar-refractivity contribution in [3.8, 4) is 0 Å². The van der Waals surface area contributed by atoms with E-state index in [1.165, 1.54) is 0 Å². The van der Waals surface area contributed by atoms with Crippen LogP contribution in [0.15, 0.2) is 0 Å². The van der Waals surface area contributed by atoms with Crippen LogP contribution in [0.3, 0.4) is 0 Å². The highest BCUT2D eigenvalue weighted by Gasteiger charge is 1.90. The summed E-state index contributed by atoms with van der Waals surface area (Å²) < 4.78 is 14.9. The predicted molar refractivity (Wildman–Crippen MR) is 50.3 cm³/mol. The lowest BCUT2D eigenvalue weighted by atomic mass is 10.7. The predicted octanol–water partition coefficient (Wildman–Crippen LogP) is -0.0479. The minimum atomic E-state index is 0.322. The van der Waals surface area contributed by atoms with Crippen molar-refractivity contribution in [1.29, 1.82) is 0 Å². The summed E-state index contributed by atoms with van der Waals surface area (Å²) in [6, 6.07) is 0. The number of rotatable bonds is 8. The van der Waals surface area contributed by atoms with Crippen molar-refractivity contribution in [2.24, 2.45) is 5.73 Å². The maximum atomic E-state index is 5.20. The monoisotopic (exact) mass is 193 g/mol. The van der Waals surface area contributed by atoms with E-state index in [9.17, 15) is 0 Å². The Morgan fingerprint density at radius 2 is 1.75 bits per heavy atom. The van der Waals surface area contributed by atoms with E-state index in [0.717, 1.165) is 0 Å². The summed E-state index contributed by atoms with van der Waals surface area (Å²) in [5.41, 5.74) is 5.20. The van der Waals surface area contributed by atoms with Crippen LogP contribution in [0.1, 0.15) is 0 Å². The van der Waals surface area contributed by atoms with E-state index in [1.807, 2.05) is 0 Å². The minimum absolute atomic E-state index is 0.322. The lowest BCUT2D eigenvalue weighted by molar-refractivity contribution is 0.0335. The highest BCUT2D eigenvalue weighted by atomic mass is 32.1. The number of hydrogen-bond donors (Lipinski definition) is 1. The van der Waals surface area contributed by atoms with Crippen LogP contribution in [0.5, 0.6) is 0 Å². The van der Waals surface area contributed by atoms with Gasteiger partial charge in [-0.15, -0.1) is 0 Å². The van der Waals surface area contributed by atoms with E-state index in [-0.39, 0.29) is 0 Å². The molecule has 0 aromatic rings. The summed E-state index contributed by atoms with van der Waals surface area (Å²) in [4.78, 5) is 0.367. The molecule has 72 valence electrons. The second-order valence-corrected chi connectivity index (χ2v) is 2.65. The molecule has 0 fully saturated rings. The Bertz CT molecular complexity index is 121. The molecule has 0 aromatic heterocycles. The van der Waals surface area contributed by atoms with Gasteiger partial charge in [0.25, 0.3) is 0 Å². The van der Waals surface area contributed by atoms with Gasteiger partial charge in [-0.2, -0.15) is 0 Å². The van der Waals surface area contributed by atoms with Crippen LogP contribution in [0.4, 0.5) is 0 Å². The third kappa shape index (κ3) is 9.77. The van der Waals surface area contributed by atoms with E-state index >= 15 is 0 Å². The topological polar surface area (TPSA) is 53.7 Å². The number of hydrogen-bond acceptors (Lipinski definition) is 4. The number of methoxy groups -OCH3 is 1. The van der Waals surface area contributed by atoms with E-state index in [2.05, 4.69) is 12.2 Å². The minimum Gasteiger partial charge on any atom is -0.391 e. The average Bonchev–Trinajstić information content (AvgIpc) is 2.02. The molecule has 0 radical (unpaired) electrons. The molecule has 0 atom stereocenters. The summed E-state index contributed by atoms with van der Waals surface area (Å²) in [5.74, 6) is 0. The van der Waals surface area contributed by atoms with Crippen LogP contribution in [-0.2, 0) is 14.2 Å². The fraction of sp³-hybridized carbons (Fsp3) is 0.857. The second kappa shape index (κ2) is 8.86. The molecule has 0 aliphatic heterocycles. The van der Waals surface area contributed by atoms with Gasteiger partial charge >= 0.3 is 0 Å². The van der Waals surface area contributed by atoms with Gasteiger partial charge in [0.15, 0.2) is 0 Å². The molecule has 0 amide bonds. The zero-order valence-electron chi connectivity index (χ0n) is 7.25. The largest absolute Gasteiger partial charge is 0.391 e. The van der Waals surface area contributed by atoms with Gasteiger partial charge in [-0.3, -0.25) is 0 Å². The number of thiocarbonyl (C=S) groups is 1. The third-order valence-corrected chi connectivity index (χ3v) is 1.17. The van der Waals surface area contributed by atoms with E-state index in [1.54, 1.807) is 7.11 Å². The van der Waals surface area contributed by atoms with Gasteiger partial charge in [0.05, 0.1) is 38.0 Å². The van der Waals surface area contributed by atoms with Gasteiger partial charge < -0.3 is 19.9 Å². The fourth-order valence-electron chi connectivity index (χ4n) is 0.535. The third-order valence-electron chi connectivity index (χ3n) is 1.05. The van der Waals surface area contributed by atoms with Crippen molar-refractivity contribution in [2.45, 2.75) is 0 Å². The van der Waals surface area contributed by atoms with Crippen LogP contribution in [0.2, 0.25) is 0 Å². The zero-order chi connectivity index (χ0) is 9.23. The van der Waals surface area contributed by atoms with Crippen molar-refractivity contribution < 1.29 is 14.2 Å². The van der Waals surface area contributed by atoms with E-state index in [0.29, 0.717) is 38.0 Å². The number of ether oxygens (including phenoxy) is 3. The maximum Gasteiger partial charge on any atom is 0.0989 e. The summed E-state index contributed by atoms with van der Waals surface area (Å²) in [6.45, 7) is 2.58. The Morgan fingerprint density at radius 1 is 1.17 bits per heavy atom. The molecule has 12 heavy (non-hydrogen) atoms. The Kier molecular flexibility index (Phi) is 8.69. The standard InChI is InChI=1S/C7H15NO3S/c1-9-2-3-10-4-5-11-6-7(8)12/h2-6H2,1H3,(H2,8,12). The first kappa shape index (κ1) is 11.8. The Hall–Kier alpha value is -0.230. The first-order chi connectivity index (χ1) is 5.77. The smallest absolute Gasteiger partial charge is 0.0989 e. The SMILES string of the molecule is COCCOCCOCC(N)=S. The summed E-state index contributed by atoms with van der Waals surface area (Å²) in [7, 11) is 1.63. The molecule has 0 bridgehead atoms. The molecule has 0 aliphatic rings. The molecule has 0 heterocycles. The highest BCUT2D eigenvalue weighted by molar-refractivity contribution is 7.80. The molecule has 0 rings (SSSR count). The Morgan fingerprint density at radius 3 is 2.33 bits per heavy atom. The van der Waals surface area contributed by atoms with Gasteiger partial charge in [0.2, 0.25) is 0 Å². The van der Waals surface area contributed by atoms with Crippen LogP contribution < -0.4 is 5.73 Å². The molecule has 0 saturated heterocycles. The van der Waals surface area contributed by atoms with Crippen molar-refractivity contribution in [2.75, 3.05) is 40.1 Å². The Labute approximate surface area is 78.0 Å². The van der Waals surface area contributed by atoms with E-state index in [4.69, 9.17) is 19.9 Å². The quantitative estimate of drug-likeness (QED) is 0.433.